The average molecular weight is 502 g/mol. The molecule has 0 aliphatic heterocycles. The number of para-hydroxylation sites is 2. The molecule has 0 atom stereocenters. The number of hydrogen-bond donors (Lipinski definition) is 0. The van der Waals surface area contributed by atoms with Crippen LogP contribution in [0.1, 0.15) is 0 Å². The molecular weight excluding hydrogens is 478 g/mol. The molecule has 0 unspecified atom stereocenters. The van der Waals surface area contributed by atoms with Crippen molar-refractivity contribution in [2.75, 3.05) is 0 Å². The van der Waals surface area contributed by atoms with Gasteiger partial charge in [0.15, 0.2) is 0 Å². The topological polar surface area (TPSA) is 43.9 Å². The van der Waals surface area contributed by atoms with E-state index in [-0.39, 0.29) is 0 Å². The second-order valence-corrected chi connectivity index (χ2v) is 9.99. The number of rotatable bonds is 3. The van der Waals surface area contributed by atoms with Crippen LogP contribution in [-0.4, -0.2) is 14.5 Å². The lowest BCUT2D eigenvalue weighted by Gasteiger charge is -2.07. The Labute approximate surface area is 224 Å². The number of hydrogen-bond acceptors (Lipinski definition) is 3. The van der Waals surface area contributed by atoms with E-state index in [0.29, 0.717) is 0 Å². The molecule has 8 aromatic rings. The quantitative estimate of drug-likeness (QED) is 0.243. The summed E-state index contributed by atoms with van der Waals surface area (Å²) in [5.74, 6) is 0.967. The predicted octanol–water partition coefficient (Wildman–Crippen LogP) is 9.02. The highest BCUT2D eigenvalue weighted by Gasteiger charge is 2.15. The molecule has 4 nitrogen and oxygen atoms in total. The molecular formula is C35H23N3O. The lowest BCUT2D eigenvalue weighted by molar-refractivity contribution is 0.669. The van der Waals surface area contributed by atoms with E-state index in [4.69, 9.17) is 9.40 Å². The van der Waals surface area contributed by atoms with Crippen LogP contribution in [0.5, 0.6) is 0 Å². The van der Waals surface area contributed by atoms with Gasteiger partial charge in [-0.15, -0.1) is 0 Å². The van der Waals surface area contributed by atoms with Crippen molar-refractivity contribution in [3.8, 4) is 33.6 Å². The molecule has 5 aromatic carbocycles. The molecule has 0 N–H and O–H groups in total. The monoisotopic (exact) mass is 501 g/mol. The minimum Gasteiger partial charge on any atom is -0.456 e. The standard InChI is InChI=1S/C35H23N3O/c1-38-31-7-3-2-6-30(31)37-35(38)23-11-9-22(10-12-23)24-15-16-32-29(20-24)34-28(5-4-8-33(34)39-32)26-13-14-27-21-36-18-17-25(27)19-26/h2-21H,1H3. The van der Waals surface area contributed by atoms with E-state index in [2.05, 4.69) is 120 Å². The van der Waals surface area contributed by atoms with Crippen LogP contribution < -0.4 is 0 Å². The largest absolute Gasteiger partial charge is 0.456 e. The molecule has 8 rings (SSSR count). The summed E-state index contributed by atoms with van der Waals surface area (Å²) in [6, 6.07) is 38.3. The number of furan rings is 1. The maximum absolute atomic E-state index is 6.29. The van der Waals surface area contributed by atoms with E-state index in [0.717, 1.165) is 60.9 Å². The fraction of sp³-hybridized carbons (Fsp3) is 0.0286. The summed E-state index contributed by atoms with van der Waals surface area (Å²) in [7, 11) is 2.07. The zero-order chi connectivity index (χ0) is 25.9. The molecule has 3 aromatic heterocycles. The maximum Gasteiger partial charge on any atom is 0.140 e. The lowest BCUT2D eigenvalue weighted by atomic mass is 9.96. The third-order valence-electron chi connectivity index (χ3n) is 7.71. The first-order valence-electron chi connectivity index (χ1n) is 13.0. The second-order valence-electron chi connectivity index (χ2n) is 9.99. The second kappa shape index (κ2) is 8.40. The minimum atomic E-state index is 0.891. The highest BCUT2D eigenvalue weighted by molar-refractivity contribution is 6.13. The number of imidazole rings is 1. The Morgan fingerprint density at radius 3 is 2.36 bits per heavy atom. The van der Waals surface area contributed by atoms with Gasteiger partial charge >= 0.3 is 0 Å². The Balaban J connectivity index is 1.24. The van der Waals surface area contributed by atoms with Crippen molar-refractivity contribution in [2.24, 2.45) is 7.05 Å². The SMILES string of the molecule is Cn1c(-c2ccc(-c3ccc4oc5cccc(-c6ccc7cnccc7c6)c5c4c3)cc2)nc2ccccc21. The molecule has 39 heavy (non-hydrogen) atoms. The van der Waals surface area contributed by atoms with Gasteiger partial charge < -0.3 is 8.98 Å². The molecule has 0 aliphatic carbocycles. The third-order valence-corrected chi connectivity index (χ3v) is 7.71. The van der Waals surface area contributed by atoms with Crippen LogP contribution in [0.3, 0.4) is 0 Å². The van der Waals surface area contributed by atoms with Crippen LogP contribution in [0.2, 0.25) is 0 Å². The van der Waals surface area contributed by atoms with Gasteiger partial charge in [0.05, 0.1) is 11.0 Å². The van der Waals surface area contributed by atoms with Crippen molar-refractivity contribution in [2.45, 2.75) is 0 Å². The summed E-state index contributed by atoms with van der Waals surface area (Å²) >= 11 is 0. The van der Waals surface area contributed by atoms with E-state index in [1.807, 2.05) is 18.5 Å². The van der Waals surface area contributed by atoms with E-state index < -0.39 is 0 Å². The van der Waals surface area contributed by atoms with Crippen molar-refractivity contribution in [1.82, 2.24) is 14.5 Å². The van der Waals surface area contributed by atoms with E-state index >= 15 is 0 Å². The predicted molar refractivity (Wildman–Crippen MR) is 160 cm³/mol. The van der Waals surface area contributed by atoms with E-state index in [9.17, 15) is 0 Å². The Bertz CT molecular complexity index is 2180. The molecule has 184 valence electrons. The lowest BCUT2D eigenvalue weighted by Crippen LogP contribution is -1.92. The smallest absolute Gasteiger partial charge is 0.140 e. The Hall–Kier alpha value is -5.22. The van der Waals surface area contributed by atoms with E-state index in [1.165, 1.54) is 16.5 Å². The first-order valence-corrected chi connectivity index (χ1v) is 13.0. The molecule has 4 heteroatoms. The van der Waals surface area contributed by atoms with Gasteiger partial charge in [-0.25, -0.2) is 4.98 Å². The van der Waals surface area contributed by atoms with Gasteiger partial charge in [0.2, 0.25) is 0 Å². The number of aromatic nitrogens is 3. The van der Waals surface area contributed by atoms with Crippen LogP contribution >= 0.6 is 0 Å². The molecule has 0 spiro atoms. The average Bonchev–Trinajstić information content (AvgIpc) is 3.54. The van der Waals surface area contributed by atoms with Crippen LogP contribution in [0.4, 0.5) is 0 Å². The molecule has 3 heterocycles. The minimum absolute atomic E-state index is 0.891. The maximum atomic E-state index is 6.29. The van der Waals surface area contributed by atoms with Gasteiger partial charge in [-0.1, -0.05) is 66.7 Å². The number of benzene rings is 5. The number of pyridine rings is 1. The summed E-state index contributed by atoms with van der Waals surface area (Å²) in [4.78, 5) is 9.11. The fourth-order valence-corrected chi connectivity index (χ4v) is 5.71. The third kappa shape index (κ3) is 3.46. The van der Waals surface area contributed by atoms with Gasteiger partial charge in [0, 0.05) is 41.2 Å². The molecule has 0 saturated carbocycles. The summed E-state index contributed by atoms with van der Waals surface area (Å²) < 4.78 is 8.44. The first-order chi connectivity index (χ1) is 19.2. The van der Waals surface area contributed by atoms with Gasteiger partial charge in [-0.3, -0.25) is 4.98 Å². The summed E-state index contributed by atoms with van der Waals surface area (Å²) in [5.41, 5.74) is 9.67. The summed E-state index contributed by atoms with van der Waals surface area (Å²) in [6.07, 6.45) is 3.74. The van der Waals surface area contributed by atoms with Crippen LogP contribution in [-0.2, 0) is 7.05 Å². The van der Waals surface area contributed by atoms with Crippen LogP contribution in [0, 0.1) is 0 Å². The number of nitrogens with zero attached hydrogens (tertiary/aromatic N) is 3. The molecule has 0 bridgehead atoms. The number of fused-ring (bicyclic) bond motifs is 5. The van der Waals surface area contributed by atoms with Crippen LogP contribution in [0.25, 0.3) is 77.4 Å². The van der Waals surface area contributed by atoms with Crippen molar-refractivity contribution >= 4 is 43.7 Å². The van der Waals surface area contributed by atoms with Gasteiger partial charge in [0.1, 0.15) is 17.0 Å². The highest BCUT2D eigenvalue weighted by Crippen LogP contribution is 2.39. The summed E-state index contributed by atoms with van der Waals surface area (Å²) in [6.45, 7) is 0. The molecule has 0 saturated heterocycles. The zero-order valence-electron chi connectivity index (χ0n) is 21.3. The molecule has 0 amide bonds. The Morgan fingerprint density at radius 1 is 0.641 bits per heavy atom. The van der Waals surface area contributed by atoms with Crippen molar-refractivity contribution in [3.05, 3.63) is 122 Å². The molecule has 0 fully saturated rings. The van der Waals surface area contributed by atoms with E-state index in [1.54, 1.807) is 0 Å². The van der Waals surface area contributed by atoms with Gasteiger partial charge in [-0.05, 0) is 70.1 Å². The van der Waals surface area contributed by atoms with Crippen LogP contribution in [0.15, 0.2) is 126 Å². The highest BCUT2D eigenvalue weighted by atomic mass is 16.3. The normalized spacial score (nSPS) is 11.7. The van der Waals surface area contributed by atoms with Crippen molar-refractivity contribution < 1.29 is 4.42 Å². The molecule has 0 radical (unpaired) electrons. The fourth-order valence-electron chi connectivity index (χ4n) is 5.71. The number of aryl methyl sites for hydroxylation is 1. The molecule has 0 aliphatic rings. The van der Waals surface area contributed by atoms with Gasteiger partial charge in [-0.2, -0.15) is 0 Å². The first kappa shape index (κ1) is 21.8. The summed E-state index contributed by atoms with van der Waals surface area (Å²) in [5, 5.41) is 4.56. The van der Waals surface area contributed by atoms with Crippen molar-refractivity contribution in [3.63, 3.8) is 0 Å². The van der Waals surface area contributed by atoms with Crippen molar-refractivity contribution in [1.29, 1.82) is 0 Å². The Kier molecular flexibility index (Phi) is 4.70. The van der Waals surface area contributed by atoms with Gasteiger partial charge in [0.25, 0.3) is 0 Å². The Morgan fingerprint density at radius 2 is 1.46 bits per heavy atom. The zero-order valence-corrected chi connectivity index (χ0v) is 21.3.